The van der Waals surface area contributed by atoms with Gasteiger partial charge in [0.2, 0.25) is 0 Å². The van der Waals surface area contributed by atoms with Gasteiger partial charge in [-0.15, -0.1) is 0 Å². The Balaban J connectivity index is 1.49. The van der Waals surface area contributed by atoms with Crippen LogP contribution in [0.5, 0.6) is 0 Å². The summed E-state index contributed by atoms with van der Waals surface area (Å²) < 4.78 is 15.4. The Morgan fingerprint density at radius 3 is 1.86 bits per heavy atom. The van der Waals surface area contributed by atoms with Gasteiger partial charge in [0.1, 0.15) is 11.2 Å². The zero-order chi connectivity index (χ0) is 25.2. The molecule has 3 aliphatic rings. The van der Waals surface area contributed by atoms with Gasteiger partial charge in [-0.1, -0.05) is 78.9 Å². The molecule has 4 nitrogen and oxygen atoms in total. The van der Waals surface area contributed by atoms with Crippen LogP contribution in [0.4, 0.5) is 0 Å². The number of aromatic nitrogens is 2. The molecule has 0 unspecified atom stereocenters. The maximum absolute atomic E-state index is 6.54. The number of hydrogen-bond acceptors (Lipinski definition) is 3. The van der Waals surface area contributed by atoms with Gasteiger partial charge in [-0.2, -0.15) is 0 Å². The van der Waals surface area contributed by atoms with E-state index in [2.05, 4.69) is 123 Å². The van der Waals surface area contributed by atoms with Crippen LogP contribution in [-0.2, 0) is 14.7 Å². The molecule has 0 bridgehead atoms. The zero-order valence-electron chi connectivity index (χ0n) is 21.4. The van der Waals surface area contributed by atoms with Crippen LogP contribution in [0.25, 0.3) is 27.8 Å². The minimum absolute atomic E-state index is 0.420. The van der Waals surface area contributed by atoms with Crippen LogP contribution in [0.15, 0.2) is 91.0 Å². The van der Waals surface area contributed by atoms with E-state index in [0.717, 1.165) is 28.0 Å². The minimum Gasteiger partial charge on any atom is -0.399 e. The largest absolute Gasteiger partial charge is 0.497 e. The molecule has 1 aromatic heterocycles. The highest BCUT2D eigenvalue weighted by Crippen LogP contribution is 2.60. The van der Waals surface area contributed by atoms with Crippen molar-refractivity contribution in [2.75, 3.05) is 0 Å². The smallest absolute Gasteiger partial charge is 0.399 e. The Bertz CT molecular complexity index is 1700. The summed E-state index contributed by atoms with van der Waals surface area (Å²) in [4.78, 5) is 5.40. The van der Waals surface area contributed by atoms with Gasteiger partial charge >= 0.3 is 7.12 Å². The molecule has 8 rings (SSSR count). The Kier molecular flexibility index (Phi) is 3.94. The maximum atomic E-state index is 6.54. The maximum Gasteiger partial charge on any atom is 0.497 e. The van der Waals surface area contributed by atoms with E-state index in [1.54, 1.807) is 0 Å². The lowest BCUT2D eigenvalue weighted by atomic mass is 9.73. The minimum atomic E-state index is -0.476. The number of imidazole rings is 1. The highest BCUT2D eigenvalue weighted by atomic mass is 16.7. The molecule has 3 heterocycles. The summed E-state index contributed by atoms with van der Waals surface area (Å²) in [6.07, 6.45) is 0. The first kappa shape index (κ1) is 21.4. The van der Waals surface area contributed by atoms with E-state index in [1.807, 2.05) is 0 Å². The normalized spacial score (nSPS) is 19.2. The number of nitrogens with zero attached hydrogens (tertiary/aromatic N) is 2. The molecular formula is C32H27BN2O2. The lowest BCUT2D eigenvalue weighted by molar-refractivity contribution is 0.00578. The van der Waals surface area contributed by atoms with Crippen LogP contribution in [0.3, 0.4) is 0 Å². The van der Waals surface area contributed by atoms with Crippen LogP contribution >= 0.6 is 0 Å². The standard InChI is InChI=1S/C32H27BN2O2/c1-30(2)31(3,4)37-33(36-30)25-17-11-18-26-28(25)35-27-19-10-9-16-24(27)32(29(35)34-26)22-14-7-5-12-20(22)21-13-6-8-15-23(21)32/h5-19H,1-4H3. The van der Waals surface area contributed by atoms with E-state index < -0.39 is 23.7 Å². The van der Waals surface area contributed by atoms with Gasteiger partial charge in [0.15, 0.2) is 0 Å². The summed E-state index contributed by atoms with van der Waals surface area (Å²) in [5.41, 5.74) is 9.27. The zero-order valence-corrected chi connectivity index (χ0v) is 21.4. The number of fused-ring (bicyclic) bond motifs is 12. The summed E-state index contributed by atoms with van der Waals surface area (Å²) in [5.74, 6) is 1.03. The third kappa shape index (κ3) is 2.44. The monoisotopic (exact) mass is 482 g/mol. The SMILES string of the molecule is CC1(C)OB(c2cccc3nc4n(c23)-c2ccccc2C42c3ccccc3-c3ccccc32)OC1(C)C. The lowest BCUT2D eigenvalue weighted by Gasteiger charge is -2.32. The van der Waals surface area contributed by atoms with Crippen molar-refractivity contribution in [1.29, 1.82) is 0 Å². The quantitative estimate of drug-likeness (QED) is 0.269. The molecule has 1 aliphatic carbocycles. The van der Waals surface area contributed by atoms with Gasteiger partial charge in [-0.05, 0) is 67.6 Å². The molecular weight excluding hydrogens is 455 g/mol. The lowest BCUT2D eigenvalue weighted by Crippen LogP contribution is -2.41. The summed E-state index contributed by atoms with van der Waals surface area (Å²) in [6, 6.07) is 32.7. The summed E-state index contributed by atoms with van der Waals surface area (Å²) in [7, 11) is -0.471. The van der Waals surface area contributed by atoms with Crippen molar-refractivity contribution < 1.29 is 9.31 Å². The summed E-state index contributed by atoms with van der Waals surface area (Å²) >= 11 is 0. The van der Waals surface area contributed by atoms with Gasteiger partial charge in [0, 0.05) is 5.46 Å². The van der Waals surface area contributed by atoms with Crippen molar-refractivity contribution in [3.05, 3.63) is 114 Å². The molecule has 0 saturated carbocycles. The molecule has 1 spiro atoms. The molecule has 0 N–H and O–H groups in total. The van der Waals surface area contributed by atoms with E-state index in [-0.39, 0.29) is 0 Å². The first-order valence-corrected chi connectivity index (χ1v) is 13.0. The van der Waals surface area contributed by atoms with E-state index in [1.165, 1.54) is 27.8 Å². The number of rotatable bonds is 1. The Hall–Kier alpha value is -3.67. The van der Waals surface area contributed by atoms with Gasteiger partial charge in [-0.25, -0.2) is 4.98 Å². The van der Waals surface area contributed by atoms with Gasteiger partial charge in [0.05, 0.1) is 27.9 Å². The van der Waals surface area contributed by atoms with Gasteiger partial charge in [0.25, 0.3) is 0 Å². The van der Waals surface area contributed by atoms with Gasteiger partial charge in [-0.3, -0.25) is 4.57 Å². The molecule has 2 aliphatic heterocycles. The molecule has 0 amide bonds. The third-order valence-corrected chi connectivity index (χ3v) is 9.05. The molecule has 5 heteroatoms. The topological polar surface area (TPSA) is 36.3 Å². The Morgan fingerprint density at radius 1 is 0.649 bits per heavy atom. The molecule has 4 aromatic carbocycles. The second kappa shape index (κ2) is 6.80. The number of hydrogen-bond donors (Lipinski definition) is 0. The molecule has 1 fully saturated rings. The van der Waals surface area contributed by atoms with E-state index >= 15 is 0 Å². The van der Waals surface area contributed by atoms with Crippen LogP contribution in [0.1, 0.15) is 50.2 Å². The average Bonchev–Trinajstić information content (AvgIpc) is 3.56. The van der Waals surface area contributed by atoms with Crippen molar-refractivity contribution in [3.63, 3.8) is 0 Å². The van der Waals surface area contributed by atoms with E-state index in [9.17, 15) is 0 Å². The van der Waals surface area contributed by atoms with Crippen LogP contribution in [-0.4, -0.2) is 27.9 Å². The number of para-hydroxylation sites is 2. The molecule has 1 saturated heterocycles. The molecule has 5 aromatic rings. The van der Waals surface area contributed by atoms with Crippen molar-refractivity contribution in [2.24, 2.45) is 0 Å². The van der Waals surface area contributed by atoms with E-state index in [0.29, 0.717) is 0 Å². The fraction of sp³-hybridized carbons (Fsp3) is 0.219. The second-order valence-corrected chi connectivity index (χ2v) is 11.4. The first-order chi connectivity index (χ1) is 17.8. The third-order valence-electron chi connectivity index (χ3n) is 9.05. The van der Waals surface area contributed by atoms with Crippen molar-refractivity contribution in [3.8, 4) is 16.8 Å². The molecule has 0 radical (unpaired) electrons. The fourth-order valence-electron chi connectivity index (χ4n) is 6.67. The highest BCUT2D eigenvalue weighted by Gasteiger charge is 2.56. The molecule has 0 atom stereocenters. The highest BCUT2D eigenvalue weighted by molar-refractivity contribution is 6.65. The molecule has 180 valence electrons. The number of benzene rings is 4. The fourth-order valence-corrected chi connectivity index (χ4v) is 6.67. The second-order valence-electron chi connectivity index (χ2n) is 11.4. The Labute approximate surface area is 217 Å². The van der Waals surface area contributed by atoms with Crippen molar-refractivity contribution in [2.45, 2.75) is 44.3 Å². The van der Waals surface area contributed by atoms with E-state index in [4.69, 9.17) is 14.3 Å². The summed E-state index contributed by atoms with van der Waals surface area (Å²) in [5, 5.41) is 0. The predicted molar refractivity (Wildman–Crippen MR) is 148 cm³/mol. The van der Waals surface area contributed by atoms with Crippen LogP contribution < -0.4 is 5.46 Å². The van der Waals surface area contributed by atoms with Crippen LogP contribution in [0.2, 0.25) is 0 Å². The van der Waals surface area contributed by atoms with Crippen LogP contribution in [0, 0.1) is 0 Å². The first-order valence-electron chi connectivity index (χ1n) is 13.0. The van der Waals surface area contributed by atoms with Crippen molar-refractivity contribution in [1.82, 2.24) is 9.55 Å². The Morgan fingerprint density at radius 2 is 1.22 bits per heavy atom. The van der Waals surface area contributed by atoms with Crippen molar-refractivity contribution >= 4 is 23.6 Å². The average molecular weight is 482 g/mol. The predicted octanol–water partition coefficient (Wildman–Crippen LogP) is 6.00. The molecule has 37 heavy (non-hydrogen) atoms. The summed E-state index contributed by atoms with van der Waals surface area (Å²) in [6.45, 7) is 8.41. The van der Waals surface area contributed by atoms with Gasteiger partial charge < -0.3 is 9.31 Å².